The van der Waals surface area contributed by atoms with Crippen molar-refractivity contribution in [2.75, 3.05) is 0 Å². The van der Waals surface area contributed by atoms with E-state index in [-0.39, 0.29) is 5.56 Å². The second-order valence-electron chi connectivity index (χ2n) is 6.63. The first-order chi connectivity index (χ1) is 12.7. The normalized spacial score (nSPS) is 11.6. The number of aryl methyl sites for hydroxylation is 1. The van der Waals surface area contributed by atoms with Crippen LogP contribution in [0.4, 0.5) is 0 Å². The van der Waals surface area contributed by atoms with E-state index in [2.05, 4.69) is 35.8 Å². The van der Waals surface area contributed by atoms with Gasteiger partial charge in [-0.3, -0.25) is 4.79 Å². The Balaban J connectivity index is 1.88. The molecule has 0 radical (unpaired) electrons. The van der Waals surface area contributed by atoms with Gasteiger partial charge in [0.25, 0.3) is 5.56 Å². The third-order valence-electron chi connectivity index (χ3n) is 4.87. The highest BCUT2D eigenvalue weighted by Gasteiger charge is 2.15. The van der Waals surface area contributed by atoms with E-state index in [0.717, 1.165) is 16.6 Å². The van der Waals surface area contributed by atoms with Gasteiger partial charge in [-0.2, -0.15) is 0 Å². The van der Waals surface area contributed by atoms with Crippen molar-refractivity contribution in [2.45, 2.75) is 13.5 Å². The summed E-state index contributed by atoms with van der Waals surface area (Å²) in [6, 6.07) is 24.0. The largest absolute Gasteiger partial charge is 0.305 e. The Morgan fingerprint density at radius 1 is 0.846 bits per heavy atom. The molecule has 0 aliphatic rings. The first-order valence-electron chi connectivity index (χ1n) is 8.67. The fourth-order valence-electron chi connectivity index (χ4n) is 3.54. The van der Waals surface area contributed by atoms with Crippen LogP contribution in [0.3, 0.4) is 0 Å². The number of hydrogen-bond acceptors (Lipinski definition) is 2. The summed E-state index contributed by atoms with van der Waals surface area (Å²) in [7, 11) is 0. The second kappa shape index (κ2) is 5.56. The van der Waals surface area contributed by atoms with Gasteiger partial charge in [0.2, 0.25) is 5.78 Å². The zero-order chi connectivity index (χ0) is 17.7. The molecule has 5 aromatic rings. The molecule has 0 bridgehead atoms. The van der Waals surface area contributed by atoms with Crippen molar-refractivity contribution in [2.24, 2.45) is 0 Å². The molecule has 4 nitrogen and oxygen atoms in total. The number of imidazole rings is 1. The molecule has 26 heavy (non-hydrogen) atoms. The average molecular weight is 339 g/mol. The van der Waals surface area contributed by atoms with Gasteiger partial charge in [0.15, 0.2) is 0 Å². The van der Waals surface area contributed by atoms with E-state index in [1.54, 1.807) is 4.40 Å². The molecule has 5 rings (SSSR count). The SMILES string of the molecule is Cc1ccc(Cn2c3ccccc3n3c(=O)c4ccccc4nc23)cc1. The first kappa shape index (κ1) is 14.9. The van der Waals surface area contributed by atoms with Crippen LogP contribution in [-0.2, 0) is 6.54 Å². The van der Waals surface area contributed by atoms with Gasteiger partial charge in [0.1, 0.15) is 0 Å². The van der Waals surface area contributed by atoms with Gasteiger partial charge in [-0.15, -0.1) is 0 Å². The van der Waals surface area contributed by atoms with Gasteiger partial charge < -0.3 is 4.57 Å². The fraction of sp³-hybridized carbons (Fsp3) is 0.0909. The van der Waals surface area contributed by atoms with Gasteiger partial charge in [-0.25, -0.2) is 9.38 Å². The smallest absolute Gasteiger partial charge is 0.267 e. The van der Waals surface area contributed by atoms with E-state index in [0.29, 0.717) is 17.7 Å². The third kappa shape index (κ3) is 2.15. The molecule has 0 spiro atoms. The minimum Gasteiger partial charge on any atom is -0.305 e. The lowest BCUT2D eigenvalue weighted by molar-refractivity contribution is 0.837. The maximum Gasteiger partial charge on any atom is 0.267 e. The minimum atomic E-state index is -0.0237. The van der Waals surface area contributed by atoms with Crippen molar-refractivity contribution in [3.63, 3.8) is 0 Å². The van der Waals surface area contributed by atoms with E-state index < -0.39 is 0 Å². The molecule has 0 aliphatic heterocycles. The first-order valence-corrected chi connectivity index (χ1v) is 8.67. The lowest BCUT2D eigenvalue weighted by Gasteiger charge is -2.07. The van der Waals surface area contributed by atoms with Crippen LogP contribution < -0.4 is 5.56 Å². The summed E-state index contributed by atoms with van der Waals surface area (Å²) >= 11 is 0. The van der Waals surface area contributed by atoms with Crippen LogP contribution in [0, 0.1) is 6.92 Å². The molecule has 0 saturated carbocycles. The van der Waals surface area contributed by atoms with Crippen LogP contribution in [0.1, 0.15) is 11.1 Å². The highest BCUT2D eigenvalue weighted by Crippen LogP contribution is 2.21. The van der Waals surface area contributed by atoms with Crippen LogP contribution in [0.2, 0.25) is 0 Å². The lowest BCUT2D eigenvalue weighted by atomic mass is 10.1. The highest BCUT2D eigenvalue weighted by atomic mass is 16.1. The van der Waals surface area contributed by atoms with Crippen LogP contribution >= 0.6 is 0 Å². The summed E-state index contributed by atoms with van der Waals surface area (Å²) in [5.74, 6) is 0.676. The topological polar surface area (TPSA) is 39.3 Å². The molecule has 2 heterocycles. The Kier molecular flexibility index (Phi) is 3.19. The summed E-state index contributed by atoms with van der Waals surface area (Å²) in [4.78, 5) is 17.9. The quantitative estimate of drug-likeness (QED) is 0.484. The maximum absolute atomic E-state index is 13.1. The fourth-order valence-corrected chi connectivity index (χ4v) is 3.54. The number of hydrogen-bond donors (Lipinski definition) is 0. The van der Waals surface area contributed by atoms with Gasteiger partial charge in [0.05, 0.1) is 28.5 Å². The van der Waals surface area contributed by atoms with Crippen LogP contribution in [0.5, 0.6) is 0 Å². The molecule has 0 atom stereocenters. The second-order valence-corrected chi connectivity index (χ2v) is 6.63. The molecule has 3 aromatic carbocycles. The Bertz CT molecular complexity index is 1330. The predicted molar refractivity (Wildman–Crippen MR) is 105 cm³/mol. The molecule has 0 amide bonds. The van der Waals surface area contributed by atoms with Gasteiger partial charge in [0, 0.05) is 0 Å². The highest BCUT2D eigenvalue weighted by molar-refractivity contribution is 5.86. The number of rotatable bonds is 2. The molecular formula is C22H17N3O. The lowest BCUT2D eigenvalue weighted by Crippen LogP contribution is -2.15. The van der Waals surface area contributed by atoms with Crippen LogP contribution in [0.25, 0.3) is 27.7 Å². The zero-order valence-electron chi connectivity index (χ0n) is 14.4. The number of benzene rings is 3. The standard InChI is InChI=1S/C22H17N3O/c1-15-10-12-16(13-11-15)14-24-19-8-4-5-9-20(19)25-21(26)17-6-2-3-7-18(17)23-22(24)25/h2-13H,14H2,1H3. The van der Waals surface area contributed by atoms with Crippen molar-refractivity contribution in [1.29, 1.82) is 0 Å². The van der Waals surface area contributed by atoms with E-state index >= 15 is 0 Å². The van der Waals surface area contributed by atoms with Crippen molar-refractivity contribution in [1.82, 2.24) is 14.0 Å². The Morgan fingerprint density at radius 3 is 2.35 bits per heavy atom. The molecule has 0 aliphatic carbocycles. The number of nitrogens with zero attached hydrogens (tertiary/aromatic N) is 3. The van der Waals surface area contributed by atoms with Gasteiger partial charge >= 0.3 is 0 Å². The van der Waals surface area contributed by atoms with Crippen LogP contribution in [-0.4, -0.2) is 14.0 Å². The van der Waals surface area contributed by atoms with Crippen molar-refractivity contribution in [3.05, 3.63) is 94.3 Å². The molecular weight excluding hydrogens is 322 g/mol. The average Bonchev–Trinajstić information content (AvgIpc) is 2.98. The number of fused-ring (bicyclic) bond motifs is 4. The molecule has 0 saturated heterocycles. The molecule has 0 unspecified atom stereocenters. The Labute approximate surface area is 150 Å². The Morgan fingerprint density at radius 2 is 1.54 bits per heavy atom. The molecule has 126 valence electrons. The van der Waals surface area contributed by atoms with E-state index in [9.17, 15) is 4.79 Å². The van der Waals surface area contributed by atoms with Crippen molar-refractivity contribution < 1.29 is 0 Å². The molecule has 0 fully saturated rings. The van der Waals surface area contributed by atoms with Crippen LogP contribution in [0.15, 0.2) is 77.6 Å². The minimum absolute atomic E-state index is 0.0237. The van der Waals surface area contributed by atoms with Crippen molar-refractivity contribution in [3.8, 4) is 0 Å². The number of aromatic nitrogens is 3. The Hall–Kier alpha value is -3.40. The van der Waals surface area contributed by atoms with E-state index in [4.69, 9.17) is 4.98 Å². The summed E-state index contributed by atoms with van der Waals surface area (Å²) in [5.41, 5.74) is 5.01. The van der Waals surface area contributed by atoms with E-state index in [1.807, 2.05) is 48.5 Å². The number of para-hydroxylation sites is 3. The molecule has 0 N–H and O–H groups in total. The summed E-state index contributed by atoms with van der Waals surface area (Å²) in [5, 5.41) is 0.642. The summed E-state index contributed by atoms with van der Waals surface area (Å²) in [6.07, 6.45) is 0. The zero-order valence-corrected chi connectivity index (χ0v) is 14.4. The summed E-state index contributed by atoms with van der Waals surface area (Å²) < 4.78 is 3.85. The van der Waals surface area contributed by atoms with Gasteiger partial charge in [-0.1, -0.05) is 54.1 Å². The van der Waals surface area contributed by atoms with Gasteiger partial charge in [-0.05, 0) is 36.8 Å². The molecule has 4 heteroatoms. The summed E-state index contributed by atoms with van der Waals surface area (Å²) in [6.45, 7) is 2.75. The van der Waals surface area contributed by atoms with E-state index in [1.165, 1.54) is 11.1 Å². The molecule has 2 aromatic heterocycles. The van der Waals surface area contributed by atoms with Crippen molar-refractivity contribution >= 4 is 27.7 Å². The predicted octanol–water partition coefficient (Wildman–Crippen LogP) is 4.16. The third-order valence-corrected chi connectivity index (χ3v) is 4.87. The maximum atomic E-state index is 13.1. The monoisotopic (exact) mass is 339 g/mol.